The Morgan fingerprint density at radius 2 is 1.78 bits per heavy atom. The molecule has 4 nitrogen and oxygen atoms in total. The molecular weight excluding hydrogens is 246 g/mol. The fourth-order valence-corrected chi connectivity index (χ4v) is 4.22. The van der Waals surface area contributed by atoms with E-state index in [0.29, 0.717) is 17.9 Å². The predicted molar refractivity (Wildman–Crippen MR) is 73.2 cm³/mol. The molecule has 0 saturated heterocycles. The molecule has 1 amide bonds. The molecule has 1 unspecified atom stereocenters. The highest BCUT2D eigenvalue weighted by Gasteiger charge is 2.58. The van der Waals surface area contributed by atoms with Crippen molar-refractivity contribution < 1.29 is 14.3 Å². The van der Waals surface area contributed by atoms with Gasteiger partial charge in [0.15, 0.2) is 8.32 Å². The van der Waals surface area contributed by atoms with E-state index < -0.39 is 14.4 Å². The second-order valence-corrected chi connectivity index (χ2v) is 12.0. The van der Waals surface area contributed by atoms with E-state index in [0.717, 1.165) is 12.8 Å². The zero-order valence-corrected chi connectivity index (χ0v) is 13.0. The molecule has 0 aromatic rings. The monoisotopic (exact) mass is 271 g/mol. The topological polar surface area (TPSA) is 58.6 Å². The van der Waals surface area contributed by atoms with Crippen molar-refractivity contribution in [3.63, 3.8) is 0 Å². The van der Waals surface area contributed by atoms with Crippen molar-refractivity contribution in [1.82, 2.24) is 5.32 Å². The molecule has 2 fully saturated rings. The minimum atomic E-state index is -1.67. The van der Waals surface area contributed by atoms with Crippen LogP contribution in [0.2, 0.25) is 18.1 Å². The predicted octanol–water partition coefficient (Wildman–Crippen LogP) is 3.05. The Labute approximate surface area is 110 Å². The maximum atomic E-state index is 10.6. The third-order valence-corrected chi connectivity index (χ3v) is 9.49. The Bertz CT molecular complexity index is 339. The van der Waals surface area contributed by atoms with Crippen LogP contribution in [0, 0.1) is 11.8 Å². The molecule has 2 N–H and O–H groups in total. The summed E-state index contributed by atoms with van der Waals surface area (Å²) < 4.78 is 6.38. The van der Waals surface area contributed by atoms with Gasteiger partial charge in [-0.05, 0) is 42.8 Å². The quantitative estimate of drug-likeness (QED) is 0.776. The molecule has 5 heteroatoms. The number of rotatable bonds is 3. The summed E-state index contributed by atoms with van der Waals surface area (Å²) in [5.74, 6) is 1.05. The molecule has 2 aliphatic carbocycles. The number of fused-ring (bicyclic) bond motifs is 1. The molecule has 0 spiro atoms. The molecular formula is C13H25NO3Si. The number of hydrogen-bond donors (Lipinski definition) is 2. The molecule has 0 radical (unpaired) electrons. The Morgan fingerprint density at radius 1 is 1.28 bits per heavy atom. The Kier molecular flexibility index (Phi) is 3.26. The number of carbonyl (C=O) groups is 1. The van der Waals surface area contributed by atoms with Gasteiger partial charge in [-0.3, -0.25) is 0 Å². The van der Waals surface area contributed by atoms with Crippen LogP contribution in [0.3, 0.4) is 0 Å². The normalized spacial score (nSPS) is 35.2. The summed E-state index contributed by atoms with van der Waals surface area (Å²) in [4.78, 5) is 10.6. The number of carboxylic acid groups (broad SMARTS) is 1. The first-order valence-corrected chi connectivity index (χ1v) is 9.70. The summed E-state index contributed by atoms with van der Waals surface area (Å²) in [6.45, 7) is 11.3. The van der Waals surface area contributed by atoms with E-state index in [4.69, 9.17) is 9.53 Å². The summed E-state index contributed by atoms with van der Waals surface area (Å²) in [5.41, 5.74) is 0. The molecule has 0 heterocycles. The van der Waals surface area contributed by atoms with E-state index in [1.54, 1.807) is 0 Å². The van der Waals surface area contributed by atoms with Gasteiger partial charge in [0.2, 0.25) is 0 Å². The zero-order valence-electron chi connectivity index (χ0n) is 12.0. The highest BCUT2D eigenvalue weighted by molar-refractivity contribution is 6.74. The Hall–Kier alpha value is -0.553. The number of hydrogen-bond acceptors (Lipinski definition) is 2. The summed E-state index contributed by atoms with van der Waals surface area (Å²) in [6, 6.07) is 0.196. The van der Waals surface area contributed by atoms with Crippen molar-refractivity contribution in [3.05, 3.63) is 0 Å². The molecule has 2 aliphatic rings. The van der Waals surface area contributed by atoms with Crippen molar-refractivity contribution >= 4 is 14.4 Å². The van der Waals surface area contributed by atoms with Gasteiger partial charge in [0, 0.05) is 12.1 Å². The lowest BCUT2D eigenvalue weighted by molar-refractivity contribution is 0.164. The van der Waals surface area contributed by atoms with E-state index in [2.05, 4.69) is 39.2 Å². The fraction of sp³-hybridized carbons (Fsp3) is 0.923. The van der Waals surface area contributed by atoms with Crippen LogP contribution in [0.4, 0.5) is 4.79 Å². The zero-order chi connectivity index (χ0) is 13.7. The smallest absolute Gasteiger partial charge is 0.404 e. The second-order valence-electron chi connectivity index (χ2n) is 7.27. The van der Waals surface area contributed by atoms with Gasteiger partial charge in [-0.1, -0.05) is 20.8 Å². The average Bonchev–Trinajstić information content (AvgIpc) is 2.64. The van der Waals surface area contributed by atoms with Gasteiger partial charge in [-0.25, -0.2) is 4.79 Å². The summed E-state index contributed by atoms with van der Waals surface area (Å²) in [5, 5.41) is 11.6. The SMILES string of the molecule is CC(C)(C)[Si](C)(C)OC1C[C@@H]2[C@H](C1)[C@H]2NC(=O)O. The first kappa shape index (κ1) is 13.9. The lowest BCUT2D eigenvalue weighted by atomic mass is 10.2. The van der Waals surface area contributed by atoms with Crippen molar-refractivity contribution in [1.29, 1.82) is 0 Å². The van der Waals surface area contributed by atoms with Crippen LogP contribution >= 0.6 is 0 Å². The standard InChI is InChI=1S/C13H25NO3Si/c1-13(2,3)18(4,5)17-8-6-9-10(7-8)11(9)14-12(15)16/h8-11,14H,6-7H2,1-5H3,(H,15,16)/t8?,9-,10+,11+. The van der Waals surface area contributed by atoms with Gasteiger partial charge in [-0.2, -0.15) is 0 Å². The molecule has 18 heavy (non-hydrogen) atoms. The molecule has 0 aromatic carbocycles. The summed E-state index contributed by atoms with van der Waals surface area (Å²) >= 11 is 0. The van der Waals surface area contributed by atoms with E-state index in [9.17, 15) is 4.79 Å². The highest BCUT2D eigenvalue weighted by atomic mass is 28.4. The number of nitrogens with one attached hydrogen (secondary N) is 1. The van der Waals surface area contributed by atoms with E-state index >= 15 is 0 Å². The largest absolute Gasteiger partial charge is 0.465 e. The van der Waals surface area contributed by atoms with Gasteiger partial charge in [0.25, 0.3) is 0 Å². The van der Waals surface area contributed by atoms with Gasteiger partial charge >= 0.3 is 6.09 Å². The average molecular weight is 271 g/mol. The third kappa shape index (κ3) is 2.57. The molecule has 0 aromatic heterocycles. The van der Waals surface area contributed by atoms with Gasteiger partial charge in [-0.15, -0.1) is 0 Å². The van der Waals surface area contributed by atoms with Crippen LogP contribution in [-0.4, -0.2) is 31.7 Å². The Morgan fingerprint density at radius 3 is 2.17 bits per heavy atom. The number of amides is 1. The fourth-order valence-electron chi connectivity index (χ4n) is 2.84. The first-order valence-electron chi connectivity index (χ1n) is 6.79. The lowest BCUT2D eigenvalue weighted by Crippen LogP contribution is -2.44. The van der Waals surface area contributed by atoms with Crippen LogP contribution < -0.4 is 5.32 Å². The van der Waals surface area contributed by atoms with Crippen LogP contribution in [0.15, 0.2) is 0 Å². The van der Waals surface area contributed by atoms with Gasteiger partial charge < -0.3 is 14.8 Å². The lowest BCUT2D eigenvalue weighted by Gasteiger charge is -2.39. The second kappa shape index (κ2) is 4.23. The Balaban J connectivity index is 1.82. The molecule has 0 aliphatic heterocycles. The molecule has 4 atom stereocenters. The van der Waals surface area contributed by atoms with E-state index in [-0.39, 0.29) is 11.1 Å². The highest BCUT2D eigenvalue weighted by Crippen LogP contribution is 2.54. The molecule has 104 valence electrons. The van der Waals surface area contributed by atoms with E-state index in [1.165, 1.54) is 0 Å². The molecule has 2 rings (SSSR count). The molecule has 2 saturated carbocycles. The van der Waals surface area contributed by atoms with Crippen molar-refractivity contribution in [2.75, 3.05) is 0 Å². The van der Waals surface area contributed by atoms with Gasteiger partial charge in [0.05, 0.1) is 0 Å². The minimum absolute atomic E-state index is 0.196. The first-order chi connectivity index (χ1) is 8.12. The van der Waals surface area contributed by atoms with E-state index in [1.807, 2.05) is 0 Å². The van der Waals surface area contributed by atoms with Crippen molar-refractivity contribution in [3.8, 4) is 0 Å². The van der Waals surface area contributed by atoms with Crippen molar-refractivity contribution in [2.45, 2.75) is 63.9 Å². The maximum absolute atomic E-state index is 10.6. The molecule has 0 bridgehead atoms. The van der Waals surface area contributed by atoms with Crippen LogP contribution in [0.1, 0.15) is 33.6 Å². The van der Waals surface area contributed by atoms with Crippen molar-refractivity contribution in [2.24, 2.45) is 11.8 Å². The van der Waals surface area contributed by atoms with Crippen LogP contribution in [0.5, 0.6) is 0 Å². The third-order valence-electron chi connectivity index (χ3n) is 4.96. The minimum Gasteiger partial charge on any atom is -0.465 e. The van der Waals surface area contributed by atoms with Gasteiger partial charge in [0.1, 0.15) is 0 Å². The van der Waals surface area contributed by atoms with Crippen LogP contribution in [0.25, 0.3) is 0 Å². The summed E-state index contributed by atoms with van der Waals surface area (Å²) in [6.07, 6.45) is 1.52. The van der Waals surface area contributed by atoms with Crippen LogP contribution in [-0.2, 0) is 4.43 Å². The summed E-state index contributed by atoms with van der Waals surface area (Å²) in [7, 11) is -1.67. The maximum Gasteiger partial charge on any atom is 0.404 e.